The number of aliphatic hydroxyl groups excluding tert-OH is 1. The number of halogens is 2. The Kier molecular flexibility index (Phi) is 3.64. The van der Waals surface area contributed by atoms with Gasteiger partial charge in [-0.3, -0.25) is 9.59 Å². The molecule has 1 aliphatic rings. The summed E-state index contributed by atoms with van der Waals surface area (Å²) in [4.78, 5) is 25.7. The van der Waals surface area contributed by atoms with Gasteiger partial charge in [0, 0.05) is 10.6 Å². The summed E-state index contributed by atoms with van der Waals surface area (Å²) >= 11 is 11.9. The van der Waals surface area contributed by atoms with Crippen molar-refractivity contribution in [1.29, 1.82) is 0 Å². The third-order valence-corrected chi connectivity index (χ3v) is 3.82. The van der Waals surface area contributed by atoms with E-state index in [4.69, 9.17) is 23.2 Å². The van der Waals surface area contributed by atoms with E-state index in [0.717, 1.165) is 4.90 Å². The predicted octanol–water partition coefficient (Wildman–Crippen LogP) is 3.84. The van der Waals surface area contributed by atoms with Gasteiger partial charge < -0.3 is 5.11 Å². The minimum absolute atomic E-state index is 0.129. The maximum absolute atomic E-state index is 12.6. The Labute approximate surface area is 136 Å². The second-order valence-electron chi connectivity index (χ2n) is 4.63. The van der Waals surface area contributed by atoms with E-state index in [9.17, 15) is 14.7 Å². The molecule has 0 unspecified atom stereocenters. The van der Waals surface area contributed by atoms with Crippen LogP contribution in [0.5, 0.6) is 0 Å². The van der Waals surface area contributed by atoms with Crippen LogP contribution in [0.25, 0.3) is 5.57 Å². The summed E-state index contributed by atoms with van der Waals surface area (Å²) in [5.74, 6) is -2.03. The molecule has 0 spiro atoms. The quantitative estimate of drug-likeness (QED) is 0.849. The van der Waals surface area contributed by atoms with Crippen LogP contribution in [0.15, 0.2) is 54.3 Å². The molecule has 6 heteroatoms. The molecule has 0 radical (unpaired) electrons. The van der Waals surface area contributed by atoms with Crippen molar-refractivity contribution in [3.63, 3.8) is 0 Å². The number of amides is 2. The number of imide groups is 1. The van der Waals surface area contributed by atoms with Gasteiger partial charge >= 0.3 is 5.91 Å². The summed E-state index contributed by atoms with van der Waals surface area (Å²) in [6.07, 6.45) is 0. The standard InChI is InChI=1S/C16H9Cl2NO3/c17-9-6-7-11(12(18)8-9)13-14(20)16(22)19(15(13)21)10-4-2-1-3-5-10/h1-8,20H. The monoisotopic (exact) mass is 333 g/mol. The van der Waals surface area contributed by atoms with Crippen LogP contribution >= 0.6 is 23.2 Å². The summed E-state index contributed by atoms with van der Waals surface area (Å²) in [5.41, 5.74) is 0.514. The van der Waals surface area contributed by atoms with Crippen LogP contribution in [0.3, 0.4) is 0 Å². The van der Waals surface area contributed by atoms with Crippen LogP contribution in [0.4, 0.5) is 5.69 Å². The fraction of sp³-hybridized carbons (Fsp3) is 0. The van der Waals surface area contributed by atoms with Crippen molar-refractivity contribution in [1.82, 2.24) is 0 Å². The average molecular weight is 334 g/mol. The highest BCUT2D eigenvalue weighted by molar-refractivity contribution is 6.47. The molecule has 0 saturated heterocycles. The number of aliphatic hydroxyl groups is 1. The van der Waals surface area contributed by atoms with Gasteiger partial charge in [-0.1, -0.05) is 47.5 Å². The highest BCUT2D eigenvalue weighted by Crippen LogP contribution is 2.35. The van der Waals surface area contributed by atoms with E-state index < -0.39 is 17.6 Å². The molecule has 0 saturated carbocycles. The molecule has 0 aromatic heterocycles. The summed E-state index contributed by atoms with van der Waals surface area (Å²) in [5, 5.41) is 10.7. The van der Waals surface area contributed by atoms with Crippen LogP contribution in [-0.2, 0) is 9.59 Å². The van der Waals surface area contributed by atoms with Gasteiger partial charge in [-0.25, -0.2) is 4.90 Å². The molecule has 1 heterocycles. The summed E-state index contributed by atoms with van der Waals surface area (Å²) < 4.78 is 0. The van der Waals surface area contributed by atoms with Crippen molar-refractivity contribution in [3.8, 4) is 0 Å². The van der Waals surface area contributed by atoms with Gasteiger partial charge in [0.25, 0.3) is 5.91 Å². The first-order valence-electron chi connectivity index (χ1n) is 6.33. The number of benzene rings is 2. The second-order valence-corrected chi connectivity index (χ2v) is 5.47. The molecule has 2 aromatic carbocycles. The SMILES string of the molecule is O=C1C(O)=C(c2ccc(Cl)cc2Cl)C(=O)N1c1ccccc1. The van der Waals surface area contributed by atoms with Crippen LogP contribution < -0.4 is 4.90 Å². The number of hydrogen-bond donors (Lipinski definition) is 1. The van der Waals surface area contributed by atoms with E-state index in [1.807, 2.05) is 0 Å². The lowest BCUT2D eigenvalue weighted by molar-refractivity contribution is -0.121. The number of para-hydroxylation sites is 1. The van der Waals surface area contributed by atoms with Gasteiger partial charge in [-0.05, 0) is 24.3 Å². The maximum atomic E-state index is 12.6. The zero-order valence-corrected chi connectivity index (χ0v) is 12.6. The van der Waals surface area contributed by atoms with Gasteiger partial charge in [-0.15, -0.1) is 0 Å². The molecule has 110 valence electrons. The van der Waals surface area contributed by atoms with Crippen molar-refractivity contribution in [3.05, 3.63) is 69.9 Å². The van der Waals surface area contributed by atoms with Gasteiger partial charge in [0.2, 0.25) is 0 Å². The summed E-state index contributed by atoms with van der Waals surface area (Å²) in [6.45, 7) is 0. The van der Waals surface area contributed by atoms with Crippen molar-refractivity contribution in [2.75, 3.05) is 4.90 Å². The normalized spacial score (nSPS) is 14.9. The zero-order chi connectivity index (χ0) is 15.9. The van der Waals surface area contributed by atoms with Crippen LogP contribution in [0.2, 0.25) is 10.0 Å². The van der Waals surface area contributed by atoms with Crippen molar-refractivity contribution < 1.29 is 14.7 Å². The Morgan fingerprint density at radius 3 is 2.23 bits per heavy atom. The predicted molar refractivity (Wildman–Crippen MR) is 84.9 cm³/mol. The molecule has 1 aliphatic heterocycles. The first kappa shape index (κ1) is 14.6. The summed E-state index contributed by atoms with van der Waals surface area (Å²) in [6, 6.07) is 12.8. The lowest BCUT2D eigenvalue weighted by Gasteiger charge is -2.14. The molecule has 0 bridgehead atoms. The lowest BCUT2D eigenvalue weighted by Crippen LogP contribution is -2.31. The topological polar surface area (TPSA) is 57.6 Å². The number of carbonyl (C=O) groups excluding carboxylic acids is 2. The molecule has 2 aromatic rings. The molecule has 22 heavy (non-hydrogen) atoms. The van der Waals surface area contributed by atoms with Crippen molar-refractivity contribution in [2.24, 2.45) is 0 Å². The lowest BCUT2D eigenvalue weighted by atomic mass is 10.1. The highest BCUT2D eigenvalue weighted by atomic mass is 35.5. The smallest absolute Gasteiger partial charge is 0.301 e. The number of hydrogen-bond acceptors (Lipinski definition) is 3. The van der Waals surface area contributed by atoms with Gasteiger partial charge in [0.1, 0.15) is 0 Å². The summed E-state index contributed by atoms with van der Waals surface area (Å²) in [7, 11) is 0. The first-order valence-corrected chi connectivity index (χ1v) is 7.09. The number of anilines is 1. The van der Waals surface area contributed by atoms with E-state index in [2.05, 4.69) is 0 Å². The van der Waals surface area contributed by atoms with Gasteiger partial charge in [0.05, 0.1) is 16.3 Å². The maximum Gasteiger partial charge on any atom is 0.301 e. The Morgan fingerprint density at radius 2 is 1.59 bits per heavy atom. The third-order valence-electron chi connectivity index (χ3n) is 3.27. The largest absolute Gasteiger partial charge is 0.502 e. The first-order chi connectivity index (χ1) is 10.5. The molecule has 0 fully saturated rings. The molecule has 4 nitrogen and oxygen atoms in total. The Bertz CT molecular complexity index is 815. The molecule has 0 atom stereocenters. The minimum atomic E-state index is -0.780. The molecule has 3 rings (SSSR count). The molecular weight excluding hydrogens is 325 g/mol. The Balaban J connectivity index is 2.10. The van der Waals surface area contributed by atoms with E-state index in [1.54, 1.807) is 30.3 Å². The fourth-order valence-electron chi connectivity index (χ4n) is 2.26. The van der Waals surface area contributed by atoms with Gasteiger partial charge in [-0.2, -0.15) is 0 Å². The Hall–Kier alpha value is -2.30. The number of rotatable bonds is 2. The fourth-order valence-corrected chi connectivity index (χ4v) is 2.77. The third kappa shape index (κ3) is 2.26. The minimum Gasteiger partial charge on any atom is -0.502 e. The molecular formula is C16H9Cl2NO3. The van der Waals surface area contributed by atoms with Crippen molar-refractivity contribution in [2.45, 2.75) is 0 Å². The van der Waals surface area contributed by atoms with Gasteiger partial charge in [0.15, 0.2) is 5.76 Å². The number of carbonyl (C=O) groups is 2. The van der Waals surface area contributed by atoms with E-state index >= 15 is 0 Å². The van der Waals surface area contributed by atoms with E-state index in [1.165, 1.54) is 18.2 Å². The van der Waals surface area contributed by atoms with E-state index in [0.29, 0.717) is 10.7 Å². The van der Waals surface area contributed by atoms with Crippen LogP contribution in [0, 0.1) is 0 Å². The van der Waals surface area contributed by atoms with E-state index in [-0.39, 0.29) is 16.2 Å². The molecule has 0 aliphatic carbocycles. The second kappa shape index (κ2) is 5.48. The molecule has 1 N–H and O–H groups in total. The zero-order valence-electron chi connectivity index (χ0n) is 11.1. The van der Waals surface area contributed by atoms with Crippen LogP contribution in [-0.4, -0.2) is 16.9 Å². The average Bonchev–Trinajstić information content (AvgIpc) is 2.71. The van der Waals surface area contributed by atoms with Crippen molar-refractivity contribution >= 4 is 46.3 Å². The molecule has 2 amide bonds. The number of nitrogens with zero attached hydrogens (tertiary/aromatic N) is 1. The Morgan fingerprint density at radius 1 is 0.909 bits per heavy atom. The van der Waals surface area contributed by atoms with Crippen LogP contribution in [0.1, 0.15) is 5.56 Å². The highest BCUT2D eigenvalue weighted by Gasteiger charge is 2.40.